The Balaban J connectivity index is 1.78. The minimum atomic E-state index is -0.385. The van der Waals surface area contributed by atoms with Crippen LogP contribution in [-0.4, -0.2) is 26.6 Å². The maximum Gasteiger partial charge on any atom is 0.227 e. The van der Waals surface area contributed by atoms with Crippen molar-refractivity contribution >= 4 is 17.5 Å². The molecule has 0 spiro atoms. The fourth-order valence-corrected chi connectivity index (χ4v) is 3.53. The third kappa shape index (κ3) is 4.33. The second kappa shape index (κ2) is 8.48. The van der Waals surface area contributed by atoms with Gasteiger partial charge < -0.3 is 9.64 Å². The minimum Gasteiger partial charge on any atom is -0.438 e. The van der Waals surface area contributed by atoms with E-state index in [2.05, 4.69) is 5.10 Å². The molecule has 0 radical (unpaired) electrons. The molecule has 7 heteroatoms. The number of hydrogen-bond donors (Lipinski definition) is 0. The Labute approximate surface area is 180 Å². The van der Waals surface area contributed by atoms with Crippen LogP contribution in [0.2, 0.25) is 5.02 Å². The highest BCUT2D eigenvalue weighted by atomic mass is 35.5. The first-order valence-electron chi connectivity index (χ1n) is 10.0. The third-order valence-electron chi connectivity index (χ3n) is 5.16. The van der Waals surface area contributed by atoms with Crippen LogP contribution in [0, 0.1) is 12.7 Å². The summed E-state index contributed by atoms with van der Waals surface area (Å²) in [6, 6.07) is 13.5. The van der Waals surface area contributed by atoms with Crippen molar-refractivity contribution in [3.8, 4) is 17.3 Å². The number of ether oxygens (including phenoxy) is 1. The first kappa shape index (κ1) is 20.4. The normalized spacial score (nSPS) is 13.3. The van der Waals surface area contributed by atoms with Gasteiger partial charge in [0.25, 0.3) is 0 Å². The second-order valence-corrected chi connectivity index (χ2v) is 7.86. The molecule has 4 rings (SSSR count). The molecule has 0 unspecified atom stereocenters. The largest absolute Gasteiger partial charge is 0.438 e. The Morgan fingerprint density at radius 3 is 2.63 bits per heavy atom. The summed E-state index contributed by atoms with van der Waals surface area (Å²) >= 11 is 6.04. The molecule has 1 fully saturated rings. The van der Waals surface area contributed by atoms with Crippen LogP contribution in [0.4, 0.5) is 4.39 Å². The van der Waals surface area contributed by atoms with Crippen LogP contribution in [0.15, 0.2) is 48.5 Å². The minimum absolute atomic E-state index is 0.104. The number of carbonyl (C=O) groups is 1. The van der Waals surface area contributed by atoms with E-state index >= 15 is 0 Å². The lowest BCUT2D eigenvalue weighted by Gasteiger charge is -2.22. The van der Waals surface area contributed by atoms with Crippen LogP contribution >= 0.6 is 11.6 Å². The predicted molar refractivity (Wildman–Crippen MR) is 114 cm³/mol. The van der Waals surface area contributed by atoms with E-state index in [1.807, 2.05) is 30.9 Å². The van der Waals surface area contributed by atoms with Gasteiger partial charge in [-0.2, -0.15) is 5.10 Å². The number of amides is 1. The molecule has 0 bridgehead atoms. The molecular weight excluding hydrogens is 405 g/mol. The Morgan fingerprint density at radius 2 is 2.00 bits per heavy atom. The van der Waals surface area contributed by atoms with Gasteiger partial charge in [0.1, 0.15) is 11.6 Å². The number of benzene rings is 2. The van der Waals surface area contributed by atoms with E-state index in [0.717, 1.165) is 29.8 Å². The molecule has 0 atom stereocenters. The molecule has 3 aromatic rings. The van der Waals surface area contributed by atoms with Crippen molar-refractivity contribution in [2.75, 3.05) is 0 Å². The van der Waals surface area contributed by atoms with E-state index in [-0.39, 0.29) is 17.8 Å². The molecule has 1 aliphatic rings. The summed E-state index contributed by atoms with van der Waals surface area (Å²) in [6.45, 7) is 4.16. The summed E-state index contributed by atoms with van der Waals surface area (Å²) in [6.07, 6.45) is 2.47. The van der Waals surface area contributed by atoms with Gasteiger partial charge in [0.2, 0.25) is 11.8 Å². The van der Waals surface area contributed by atoms with Gasteiger partial charge >= 0.3 is 0 Å². The van der Waals surface area contributed by atoms with Gasteiger partial charge in [0.05, 0.1) is 23.5 Å². The molecule has 2 aromatic carbocycles. The maximum atomic E-state index is 13.7. The van der Waals surface area contributed by atoms with Crippen molar-refractivity contribution in [1.82, 2.24) is 14.7 Å². The van der Waals surface area contributed by atoms with Crippen molar-refractivity contribution in [2.45, 2.75) is 45.7 Å². The molecular formula is C23H23ClFN3O2. The topological polar surface area (TPSA) is 47.4 Å². The standard InChI is InChI=1S/C23H23ClFN3O2/c1-3-22(29)27(18-11-12-18)14-21-15(2)26-28(19-9-7-16(24)8-10-19)23(21)30-20-6-4-5-17(25)13-20/h4-10,13,18H,3,11-12,14H2,1-2H3. The quantitative estimate of drug-likeness (QED) is 0.488. The summed E-state index contributed by atoms with van der Waals surface area (Å²) in [5.41, 5.74) is 2.33. The molecule has 1 saturated carbocycles. The Bertz CT molecular complexity index is 1060. The molecule has 0 aliphatic heterocycles. The van der Waals surface area contributed by atoms with Gasteiger partial charge in [-0.3, -0.25) is 4.79 Å². The van der Waals surface area contributed by atoms with Gasteiger partial charge in [-0.25, -0.2) is 9.07 Å². The fraction of sp³-hybridized carbons (Fsp3) is 0.304. The molecule has 1 aliphatic carbocycles. The third-order valence-corrected chi connectivity index (χ3v) is 5.41. The lowest BCUT2D eigenvalue weighted by Crippen LogP contribution is -2.32. The van der Waals surface area contributed by atoms with Gasteiger partial charge in [-0.15, -0.1) is 0 Å². The second-order valence-electron chi connectivity index (χ2n) is 7.42. The van der Waals surface area contributed by atoms with Gasteiger partial charge in [0, 0.05) is 23.6 Å². The Hall–Kier alpha value is -2.86. The lowest BCUT2D eigenvalue weighted by molar-refractivity contribution is -0.132. The van der Waals surface area contributed by atoms with E-state index in [9.17, 15) is 9.18 Å². The van der Waals surface area contributed by atoms with Crippen LogP contribution in [0.25, 0.3) is 5.69 Å². The molecule has 1 heterocycles. The summed E-state index contributed by atoms with van der Waals surface area (Å²) < 4.78 is 21.6. The molecule has 0 saturated heterocycles. The maximum absolute atomic E-state index is 13.7. The smallest absolute Gasteiger partial charge is 0.227 e. The van der Waals surface area contributed by atoms with E-state index in [1.165, 1.54) is 12.1 Å². The molecule has 0 N–H and O–H groups in total. The van der Waals surface area contributed by atoms with Crippen LogP contribution in [0.3, 0.4) is 0 Å². The number of hydrogen-bond acceptors (Lipinski definition) is 3. The number of aromatic nitrogens is 2. The highest BCUT2D eigenvalue weighted by molar-refractivity contribution is 6.30. The number of nitrogens with zero attached hydrogens (tertiary/aromatic N) is 3. The molecule has 1 amide bonds. The molecule has 156 valence electrons. The van der Waals surface area contributed by atoms with Gasteiger partial charge in [0.15, 0.2) is 0 Å². The summed E-state index contributed by atoms with van der Waals surface area (Å²) in [4.78, 5) is 14.4. The zero-order valence-electron chi connectivity index (χ0n) is 16.9. The Morgan fingerprint density at radius 1 is 1.27 bits per heavy atom. The number of rotatable bonds is 7. The van der Waals surface area contributed by atoms with E-state index in [1.54, 1.807) is 28.9 Å². The molecule has 30 heavy (non-hydrogen) atoms. The van der Waals surface area contributed by atoms with E-state index in [0.29, 0.717) is 29.6 Å². The zero-order chi connectivity index (χ0) is 21.3. The average Bonchev–Trinajstić information content (AvgIpc) is 3.52. The summed E-state index contributed by atoms with van der Waals surface area (Å²) in [7, 11) is 0. The SMILES string of the molecule is CCC(=O)N(Cc1c(C)nn(-c2ccc(Cl)cc2)c1Oc1cccc(F)c1)C1CC1. The van der Waals surface area contributed by atoms with Crippen molar-refractivity contribution < 1.29 is 13.9 Å². The van der Waals surface area contributed by atoms with Crippen LogP contribution in [0.1, 0.15) is 37.4 Å². The first-order chi connectivity index (χ1) is 14.5. The lowest BCUT2D eigenvalue weighted by atomic mass is 10.2. The van der Waals surface area contributed by atoms with Crippen molar-refractivity contribution in [2.24, 2.45) is 0 Å². The van der Waals surface area contributed by atoms with Gasteiger partial charge in [-0.05, 0) is 56.2 Å². The van der Waals surface area contributed by atoms with Crippen LogP contribution in [0.5, 0.6) is 11.6 Å². The number of aryl methyl sites for hydroxylation is 1. The molecule has 1 aromatic heterocycles. The van der Waals surface area contributed by atoms with E-state index in [4.69, 9.17) is 16.3 Å². The number of halogens is 2. The Kier molecular flexibility index (Phi) is 5.77. The van der Waals surface area contributed by atoms with Crippen molar-refractivity contribution in [3.63, 3.8) is 0 Å². The average molecular weight is 428 g/mol. The van der Waals surface area contributed by atoms with Gasteiger partial charge in [-0.1, -0.05) is 24.6 Å². The van der Waals surface area contributed by atoms with Crippen molar-refractivity contribution in [1.29, 1.82) is 0 Å². The van der Waals surface area contributed by atoms with Crippen LogP contribution in [-0.2, 0) is 11.3 Å². The first-order valence-corrected chi connectivity index (χ1v) is 10.4. The predicted octanol–water partition coefficient (Wildman–Crippen LogP) is 5.67. The summed E-state index contributed by atoms with van der Waals surface area (Å²) in [5, 5.41) is 5.28. The highest BCUT2D eigenvalue weighted by Crippen LogP contribution is 2.35. The number of carbonyl (C=O) groups excluding carboxylic acids is 1. The zero-order valence-corrected chi connectivity index (χ0v) is 17.7. The summed E-state index contributed by atoms with van der Waals surface area (Å²) in [5.74, 6) is 0.554. The fourth-order valence-electron chi connectivity index (χ4n) is 3.41. The van der Waals surface area contributed by atoms with E-state index < -0.39 is 0 Å². The molecule has 5 nitrogen and oxygen atoms in total. The van der Waals surface area contributed by atoms with Crippen LogP contribution < -0.4 is 4.74 Å². The highest BCUT2D eigenvalue weighted by Gasteiger charge is 2.34. The van der Waals surface area contributed by atoms with Crippen molar-refractivity contribution in [3.05, 3.63) is 70.6 Å². The monoisotopic (exact) mass is 427 g/mol.